The molecule has 3 N–H and O–H groups in total. The molecule has 1 atom stereocenters. The maximum atomic E-state index is 12.4. The van der Waals surface area contributed by atoms with Crippen molar-refractivity contribution < 1.29 is 19.1 Å². The van der Waals surface area contributed by atoms with Gasteiger partial charge in [0.05, 0.1) is 12.2 Å². The van der Waals surface area contributed by atoms with Crippen LogP contribution in [0.25, 0.3) is 10.2 Å². The van der Waals surface area contributed by atoms with Gasteiger partial charge in [-0.3, -0.25) is 14.8 Å². The smallest absolute Gasteiger partial charge is 0.349 e. The number of primary amides is 1. The first-order chi connectivity index (χ1) is 13.2. The summed E-state index contributed by atoms with van der Waals surface area (Å²) < 4.78 is 6.98. The zero-order valence-corrected chi connectivity index (χ0v) is 16.5. The average molecular weight is 400 g/mol. The largest absolute Gasteiger partial charge is 0.448 e. The highest BCUT2D eigenvalue weighted by molar-refractivity contribution is 7.20. The van der Waals surface area contributed by atoms with Gasteiger partial charge in [-0.1, -0.05) is 29.8 Å². The summed E-state index contributed by atoms with van der Waals surface area (Å²) in [4.78, 5) is 36.0. The molecule has 146 valence electrons. The van der Waals surface area contributed by atoms with Crippen LogP contribution in [0.2, 0.25) is 0 Å². The minimum absolute atomic E-state index is 0.354. The number of esters is 1. The van der Waals surface area contributed by atoms with Crippen LogP contribution < -0.4 is 11.1 Å². The van der Waals surface area contributed by atoms with Crippen molar-refractivity contribution >= 4 is 39.5 Å². The van der Waals surface area contributed by atoms with Crippen molar-refractivity contribution in [1.29, 1.82) is 0 Å². The van der Waals surface area contributed by atoms with Crippen LogP contribution in [0.1, 0.15) is 33.4 Å². The van der Waals surface area contributed by atoms with Crippen LogP contribution in [0, 0.1) is 13.8 Å². The highest BCUT2D eigenvalue weighted by Gasteiger charge is 2.23. The third-order valence-electron chi connectivity index (χ3n) is 4.16. The summed E-state index contributed by atoms with van der Waals surface area (Å²) in [7, 11) is 0. The van der Waals surface area contributed by atoms with E-state index in [4.69, 9.17) is 10.5 Å². The van der Waals surface area contributed by atoms with Gasteiger partial charge in [-0.05, 0) is 32.4 Å². The number of hydrogen-bond acceptors (Lipinski definition) is 6. The Morgan fingerprint density at radius 1 is 1.25 bits per heavy atom. The van der Waals surface area contributed by atoms with Gasteiger partial charge >= 0.3 is 12.0 Å². The summed E-state index contributed by atoms with van der Waals surface area (Å²) in [6.07, 6.45) is -1.14. The summed E-state index contributed by atoms with van der Waals surface area (Å²) in [5.74, 6) is -1.42. The molecule has 0 spiro atoms. The number of nitrogens with two attached hydrogens (primary N) is 1. The number of aromatic nitrogens is 2. The quantitative estimate of drug-likeness (QED) is 0.638. The van der Waals surface area contributed by atoms with E-state index < -0.39 is 24.0 Å². The minimum Gasteiger partial charge on any atom is -0.448 e. The zero-order chi connectivity index (χ0) is 20.4. The molecule has 0 aliphatic carbocycles. The van der Waals surface area contributed by atoms with Gasteiger partial charge < -0.3 is 10.5 Å². The molecular formula is C19H20N4O4S. The first kappa shape index (κ1) is 19.6. The lowest BCUT2D eigenvalue weighted by Crippen LogP contribution is -2.42. The molecule has 2 aromatic heterocycles. The SMILES string of the molecule is Cc1ccc(Cn2nc(C)c3cc(C(=O)O[C@H](C)C(=O)NC(N)=O)sc32)cc1. The first-order valence-corrected chi connectivity index (χ1v) is 9.40. The highest BCUT2D eigenvalue weighted by atomic mass is 32.1. The second kappa shape index (κ2) is 7.81. The maximum absolute atomic E-state index is 12.4. The molecule has 0 bridgehead atoms. The Morgan fingerprint density at radius 3 is 2.57 bits per heavy atom. The van der Waals surface area contributed by atoms with Crippen LogP contribution in [0.5, 0.6) is 0 Å². The van der Waals surface area contributed by atoms with Gasteiger partial charge in [0, 0.05) is 5.39 Å². The van der Waals surface area contributed by atoms with E-state index in [2.05, 4.69) is 5.10 Å². The maximum Gasteiger partial charge on any atom is 0.349 e. The van der Waals surface area contributed by atoms with E-state index in [1.807, 2.05) is 48.1 Å². The van der Waals surface area contributed by atoms with Crippen molar-refractivity contribution in [2.75, 3.05) is 0 Å². The van der Waals surface area contributed by atoms with Crippen LogP contribution in [-0.4, -0.2) is 33.8 Å². The number of thiophene rings is 1. The van der Waals surface area contributed by atoms with Gasteiger partial charge in [0.1, 0.15) is 9.71 Å². The lowest BCUT2D eigenvalue weighted by molar-refractivity contribution is -0.127. The van der Waals surface area contributed by atoms with Gasteiger partial charge in [-0.2, -0.15) is 5.10 Å². The predicted octanol–water partition coefficient (Wildman–Crippen LogP) is 2.50. The number of ether oxygens (including phenoxy) is 1. The molecule has 3 aromatic rings. The number of carbonyl (C=O) groups is 3. The van der Waals surface area contributed by atoms with Crippen LogP contribution in [0.4, 0.5) is 4.79 Å². The Kier molecular flexibility index (Phi) is 5.46. The lowest BCUT2D eigenvalue weighted by atomic mass is 10.1. The number of imide groups is 1. The molecule has 0 aliphatic heterocycles. The molecule has 3 rings (SSSR count). The van der Waals surface area contributed by atoms with Crippen molar-refractivity contribution in [3.05, 3.63) is 52.0 Å². The van der Waals surface area contributed by atoms with E-state index in [0.717, 1.165) is 21.5 Å². The highest BCUT2D eigenvalue weighted by Crippen LogP contribution is 2.29. The molecule has 1 aromatic carbocycles. The molecule has 8 nitrogen and oxygen atoms in total. The number of urea groups is 1. The molecule has 0 aliphatic rings. The van der Waals surface area contributed by atoms with Crippen molar-refractivity contribution in [1.82, 2.24) is 15.1 Å². The lowest BCUT2D eigenvalue weighted by Gasteiger charge is -2.10. The zero-order valence-electron chi connectivity index (χ0n) is 15.7. The molecule has 0 unspecified atom stereocenters. The van der Waals surface area contributed by atoms with E-state index >= 15 is 0 Å². The van der Waals surface area contributed by atoms with Crippen LogP contribution in [0.15, 0.2) is 30.3 Å². The van der Waals surface area contributed by atoms with Crippen LogP contribution >= 0.6 is 11.3 Å². The summed E-state index contributed by atoms with van der Waals surface area (Å²) in [6, 6.07) is 8.87. The standard InChI is InChI=1S/C19H20N4O4S/c1-10-4-6-13(7-5-10)9-23-17-14(11(2)22-23)8-15(28-17)18(25)27-12(3)16(24)21-19(20)26/h4-8,12H,9H2,1-3H3,(H3,20,21,24,26)/t12-/m1/s1. The molecule has 0 saturated carbocycles. The number of carbonyl (C=O) groups excluding carboxylic acids is 3. The minimum atomic E-state index is -1.14. The van der Waals surface area contributed by atoms with Gasteiger partial charge in [0.2, 0.25) is 0 Å². The number of benzene rings is 1. The summed E-state index contributed by atoms with van der Waals surface area (Å²) >= 11 is 1.25. The third kappa shape index (κ3) is 4.20. The number of amides is 3. The molecule has 9 heteroatoms. The van der Waals surface area contributed by atoms with Gasteiger partial charge in [-0.15, -0.1) is 11.3 Å². The topological polar surface area (TPSA) is 116 Å². The third-order valence-corrected chi connectivity index (χ3v) is 5.29. The van der Waals surface area contributed by atoms with E-state index in [1.54, 1.807) is 6.07 Å². The fourth-order valence-corrected chi connectivity index (χ4v) is 3.73. The Morgan fingerprint density at radius 2 is 1.93 bits per heavy atom. The van der Waals surface area contributed by atoms with Gasteiger partial charge in [0.15, 0.2) is 6.10 Å². The molecule has 3 amide bonds. The first-order valence-electron chi connectivity index (χ1n) is 8.58. The number of hydrogen-bond donors (Lipinski definition) is 2. The van der Waals surface area contributed by atoms with Crippen molar-refractivity contribution in [3.63, 3.8) is 0 Å². The second-order valence-electron chi connectivity index (χ2n) is 6.46. The number of nitrogens with zero attached hydrogens (tertiary/aromatic N) is 2. The number of aryl methyl sites for hydroxylation is 2. The van der Waals surface area contributed by atoms with Gasteiger partial charge in [-0.25, -0.2) is 9.59 Å². The molecule has 0 radical (unpaired) electrons. The fourth-order valence-electron chi connectivity index (χ4n) is 2.68. The molecule has 0 saturated heterocycles. The predicted molar refractivity (Wildman–Crippen MR) is 105 cm³/mol. The van der Waals surface area contributed by atoms with Gasteiger partial charge in [0.25, 0.3) is 5.91 Å². The van der Waals surface area contributed by atoms with E-state index in [0.29, 0.717) is 11.4 Å². The van der Waals surface area contributed by atoms with Crippen molar-refractivity contribution in [2.45, 2.75) is 33.4 Å². The van der Waals surface area contributed by atoms with E-state index in [-0.39, 0.29) is 0 Å². The Balaban J connectivity index is 1.80. The summed E-state index contributed by atoms with van der Waals surface area (Å²) in [6.45, 7) is 5.85. The second-order valence-corrected chi connectivity index (χ2v) is 7.49. The average Bonchev–Trinajstić information content (AvgIpc) is 3.18. The molecule has 0 fully saturated rings. The van der Waals surface area contributed by atoms with Crippen LogP contribution in [0.3, 0.4) is 0 Å². The van der Waals surface area contributed by atoms with Crippen LogP contribution in [-0.2, 0) is 16.1 Å². The van der Waals surface area contributed by atoms with Crippen molar-refractivity contribution in [2.24, 2.45) is 5.73 Å². The Bertz CT molecular complexity index is 1050. The fraction of sp³-hybridized carbons (Fsp3) is 0.263. The molecular weight excluding hydrogens is 380 g/mol. The molecule has 2 heterocycles. The Hall–Kier alpha value is -3.20. The van der Waals surface area contributed by atoms with Crippen molar-refractivity contribution in [3.8, 4) is 0 Å². The monoisotopic (exact) mass is 400 g/mol. The normalized spacial score (nSPS) is 12.0. The van der Waals surface area contributed by atoms with E-state index in [1.165, 1.54) is 23.8 Å². The summed E-state index contributed by atoms with van der Waals surface area (Å²) in [5, 5.41) is 7.29. The molecule has 28 heavy (non-hydrogen) atoms. The summed E-state index contributed by atoms with van der Waals surface area (Å²) in [5.41, 5.74) is 7.98. The Labute approximate surface area is 165 Å². The number of fused-ring (bicyclic) bond motifs is 1. The van der Waals surface area contributed by atoms with E-state index in [9.17, 15) is 14.4 Å². The number of nitrogens with one attached hydrogen (secondary N) is 1. The number of rotatable bonds is 5.